The Hall–Kier alpha value is -2.24. The fraction of sp³-hybridized carbons (Fsp3) is 0.667. The molecule has 0 radical (unpaired) electrons. The second-order valence-electron chi connectivity index (χ2n) is 9.70. The smallest absolute Gasteiger partial charge is 0.315 e. The van der Waals surface area contributed by atoms with Crippen molar-refractivity contribution in [3.05, 3.63) is 23.8 Å². The molecule has 1 aromatic carbocycles. The van der Waals surface area contributed by atoms with E-state index in [4.69, 9.17) is 4.74 Å². The van der Waals surface area contributed by atoms with E-state index >= 15 is 0 Å². The maximum absolute atomic E-state index is 12.5. The van der Waals surface area contributed by atoms with Gasteiger partial charge in [-0.05, 0) is 93.4 Å². The highest BCUT2D eigenvalue weighted by Crippen LogP contribution is 2.55. The van der Waals surface area contributed by atoms with Crippen LogP contribution in [-0.2, 0) is 4.79 Å². The quantitative estimate of drug-likeness (QED) is 0.592. The Morgan fingerprint density at radius 1 is 1.10 bits per heavy atom. The predicted molar refractivity (Wildman–Crippen MR) is 118 cm³/mol. The Morgan fingerprint density at radius 2 is 1.77 bits per heavy atom. The normalized spacial score (nSPS) is 28.8. The highest BCUT2D eigenvalue weighted by molar-refractivity contribution is 5.92. The van der Waals surface area contributed by atoms with Gasteiger partial charge in [0.15, 0.2) is 0 Å². The van der Waals surface area contributed by atoms with Crippen molar-refractivity contribution in [1.82, 2.24) is 10.6 Å². The number of nitrogens with one attached hydrogen (secondary N) is 3. The van der Waals surface area contributed by atoms with E-state index in [2.05, 4.69) is 22.9 Å². The number of carbonyl (C=O) groups excluding carboxylic acids is 2. The maximum atomic E-state index is 12.5. The summed E-state index contributed by atoms with van der Waals surface area (Å²) >= 11 is 0. The Kier molecular flexibility index (Phi) is 6.21. The van der Waals surface area contributed by atoms with Crippen molar-refractivity contribution in [3.63, 3.8) is 0 Å². The lowest BCUT2D eigenvalue weighted by atomic mass is 9.53. The molecule has 3 N–H and O–H groups in total. The molecule has 4 aliphatic rings. The number of urea groups is 1. The van der Waals surface area contributed by atoms with Crippen molar-refractivity contribution in [3.8, 4) is 5.75 Å². The molecule has 5 rings (SSSR count). The SMILES string of the molecule is CCCOc1ccc(NC(=O)CCNC(=O)NC23CC4CC(CC(C4)C2)C3)c(C)c1. The first-order valence-corrected chi connectivity index (χ1v) is 11.5. The molecule has 0 heterocycles. The first-order valence-electron chi connectivity index (χ1n) is 11.5. The third-order valence-electron chi connectivity index (χ3n) is 7.00. The van der Waals surface area contributed by atoms with Gasteiger partial charge in [0.25, 0.3) is 0 Å². The van der Waals surface area contributed by atoms with E-state index in [0.717, 1.165) is 60.4 Å². The van der Waals surface area contributed by atoms with Crippen molar-refractivity contribution in [1.29, 1.82) is 0 Å². The molecular weight excluding hydrogens is 378 g/mol. The Labute approximate surface area is 179 Å². The molecule has 4 bridgehead atoms. The summed E-state index contributed by atoms with van der Waals surface area (Å²) in [6, 6.07) is 5.54. The van der Waals surface area contributed by atoms with Crippen LogP contribution in [0.2, 0.25) is 0 Å². The Morgan fingerprint density at radius 3 is 2.37 bits per heavy atom. The minimum absolute atomic E-state index is 0.000201. The fourth-order valence-electron chi connectivity index (χ4n) is 6.14. The van der Waals surface area contributed by atoms with Crippen molar-refractivity contribution in [2.24, 2.45) is 17.8 Å². The lowest BCUT2D eigenvalue weighted by Gasteiger charge is -2.56. The molecule has 0 aliphatic heterocycles. The van der Waals surface area contributed by atoms with Crippen LogP contribution < -0.4 is 20.7 Å². The van der Waals surface area contributed by atoms with E-state index in [1.54, 1.807) is 0 Å². The summed E-state index contributed by atoms with van der Waals surface area (Å²) in [7, 11) is 0. The van der Waals surface area contributed by atoms with Crippen LogP contribution >= 0.6 is 0 Å². The summed E-state index contributed by atoms with van der Waals surface area (Å²) in [4.78, 5) is 24.8. The van der Waals surface area contributed by atoms with E-state index in [0.29, 0.717) is 13.2 Å². The average molecular weight is 414 g/mol. The predicted octanol–water partition coefficient (Wildman–Crippen LogP) is 4.38. The van der Waals surface area contributed by atoms with Gasteiger partial charge in [0.2, 0.25) is 5.91 Å². The molecule has 1 aromatic rings. The fourth-order valence-corrected chi connectivity index (χ4v) is 6.14. The molecule has 3 amide bonds. The standard InChI is InChI=1S/C24H35N3O3/c1-3-8-30-20-4-5-21(16(2)9-20)26-22(28)6-7-25-23(29)27-24-13-17-10-18(14-24)12-19(11-17)15-24/h4-5,9,17-19H,3,6-8,10-15H2,1-2H3,(H,26,28)(H2,25,27,29). The molecule has 4 saturated carbocycles. The number of benzene rings is 1. The van der Waals surface area contributed by atoms with Gasteiger partial charge in [0.1, 0.15) is 5.75 Å². The molecule has 6 nitrogen and oxygen atoms in total. The summed E-state index contributed by atoms with van der Waals surface area (Å²) in [5, 5.41) is 9.10. The van der Waals surface area contributed by atoms with E-state index in [-0.39, 0.29) is 23.9 Å². The first-order chi connectivity index (χ1) is 14.4. The van der Waals surface area contributed by atoms with E-state index in [1.165, 1.54) is 19.3 Å². The first kappa shape index (κ1) is 21.0. The third kappa shape index (κ3) is 4.90. The zero-order valence-electron chi connectivity index (χ0n) is 18.3. The minimum Gasteiger partial charge on any atom is -0.494 e. The lowest BCUT2D eigenvalue weighted by molar-refractivity contribution is -0.116. The van der Waals surface area contributed by atoms with Crippen molar-refractivity contribution in [2.45, 2.75) is 70.8 Å². The molecule has 6 heteroatoms. The van der Waals surface area contributed by atoms with Crippen LogP contribution in [-0.4, -0.2) is 30.6 Å². The maximum Gasteiger partial charge on any atom is 0.315 e. The zero-order chi connectivity index (χ0) is 21.1. The number of hydrogen-bond donors (Lipinski definition) is 3. The average Bonchev–Trinajstić information content (AvgIpc) is 2.66. The molecule has 4 fully saturated rings. The van der Waals surface area contributed by atoms with Gasteiger partial charge in [-0.3, -0.25) is 4.79 Å². The number of anilines is 1. The molecule has 0 saturated heterocycles. The molecule has 0 spiro atoms. The van der Waals surface area contributed by atoms with E-state index < -0.39 is 0 Å². The van der Waals surface area contributed by atoms with E-state index in [9.17, 15) is 9.59 Å². The topological polar surface area (TPSA) is 79.5 Å². The van der Waals surface area contributed by atoms with Gasteiger partial charge in [-0.15, -0.1) is 0 Å². The molecule has 4 aliphatic carbocycles. The van der Waals surface area contributed by atoms with Crippen LogP contribution in [0.5, 0.6) is 5.75 Å². The number of hydrogen-bond acceptors (Lipinski definition) is 3. The van der Waals surface area contributed by atoms with Crippen LogP contribution in [0, 0.1) is 24.7 Å². The van der Waals surface area contributed by atoms with Gasteiger partial charge in [0, 0.05) is 24.2 Å². The summed E-state index contributed by atoms with van der Waals surface area (Å²) in [6.07, 6.45) is 8.66. The van der Waals surface area contributed by atoms with Crippen molar-refractivity contribution < 1.29 is 14.3 Å². The van der Waals surface area contributed by atoms with Crippen LogP contribution in [0.25, 0.3) is 0 Å². The monoisotopic (exact) mass is 413 g/mol. The summed E-state index contributed by atoms with van der Waals surface area (Å²) < 4.78 is 5.62. The molecular formula is C24H35N3O3. The van der Waals surface area contributed by atoms with Crippen LogP contribution in [0.3, 0.4) is 0 Å². The lowest BCUT2D eigenvalue weighted by Crippen LogP contribution is -2.61. The van der Waals surface area contributed by atoms with Gasteiger partial charge in [-0.1, -0.05) is 6.92 Å². The van der Waals surface area contributed by atoms with Gasteiger partial charge in [-0.2, -0.15) is 0 Å². The van der Waals surface area contributed by atoms with Crippen LogP contribution in [0.4, 0.5) is 10.5 Å². The molecule has 30 heavy (non-hydrogen) atoms. The third-order valence-corrected chi connectivity index (χ3v) is 7.00. The summed E-state index contributed by atoms with van der Waals surface area (Å²) in [6.45, 7) is 5.04. The number of ether oxygens (including phenoxy) is 1. The Bertz CT molecular complexity index is 757. The largest absolute Gasteiger partial charge is 0.494 e. The zero-order valence-corrected chi connectivity index (χ0v) is 18.3. The van der Waals surface area contributed by atoms with E-state index in [1.807, 2.05) is 25.1 Å². The van der Waals surface area contributed by atoms with Gasteiger partial charge < -0.3 is 20.7 Å². The Balaban J connectivity index is 1.20. The van der Waals surface area contributed by atoms with Crippen molar-refractivity contribution in [2.75, 3.05) is 18.5 Å². The van der Waals surface area contributed by atoms with Crippen LogP contribution in [0.1, 0.15) is 63.9 Å². The van der Waals surface area contributed by atoms with Crippen LogP contribution in [0.15, 0.2) is 18.2 Å². The second kappa shape index (κ2) is 8.86. The molecule has 0 unspecified atom stereocenters. The van der Waals surface area contributed by atoms with Gasteiger partial charge in [0.05, 0.1) is 6.61 Å². The second-order valence-corrected chi connectivity index (χ2v) is 9.70. The highest BCUT2D eigenvalue weighted by atomic mass is 16.5. The number of amides is 3. The van der Waals surface area contributed by atoms with Gasteiger partial charge in [-0.25, -0.2) is 4.79 Å². The molecule has 164 valence electrons. The highest BCUT2D eigenvalue weighted by Gasteiger charge is 2.51. The van der Waals surface area contributed by atoms with Crippen molar-refractivity contribution >= 4 is 17.6 Å². The van der Waals surface area contributed by atoms with Gasteiger partial charge >= 0.3 is 6.03 Å². The molecule has 0 aromatic heterocycles. The number of rotatable bonds is 8. The number of aryl methyl sites for hydroxylation is 1. The molecule has 0 atom stereocenters. The summed E-state index contributed by atoms with van der Waals surface area (Å²) in [5.74, 6) is 3.10. The number of carbonyl (C=O) groups is 2. The summed E-state index contributed by atoms with van der Waals surface area (Å²) in [5.41, 5.74) is 1.74. The minimum atomic E-state index is -0.127.